The Balaban J connectivity index is 2.65. The van der Waals surface area contributed by atoms with Crippen LogP contribution in [-0.2, 0) is 11.1 Å². The molecule has 8 nitrogen and oxygen atoms in total. The lowest BCUT2D eigenvalue weighted by atomic mass is 10.5. The summed E-state index contributed by atoms with van der Waals surface area (Å²) in [7, 11) is -4.06. The molecule has 0 atom stereocenters. The maximum Gasteiger partial charge on any atom is 0.345 e. The predicted molar refractivity (Wildman–Crippen MR) is 55.2 cm³/mol. The van der Waals surface area contributed by atoms with Crippen molar-refractivity contribution in [3.8, 4) is 0 Å². The van der Waals surface area contributed by atoms with E-state index in [1.807, 2.05) is 4.98 Å². The molecule has 88 valence electrons. The number of hydrogen-bond acceptors (Lipinski definition) is 4. The number of H-pyrrole nitrogens is 1. The number of rotatable bonds is 4. The molecule has 0 saturated heterocycles. The second kappa shape index (κ2) is 5.02. The normalized spacial score (nSPS) is 12.1. The molecule has 1 heterocycles. The molecule has 0 spiro atoms. The Morgan fingerprint density at radius 2 is 2.12 bits per heavy atom. The van der Waals surface area contributed by atoms with Gasteiger partial charge in [0.1, 0.15) is 6.20 Å². The summed E-state index contributed by atoms with van der Waals surface area (Å²) in [5.41, 5.74) is -1.27. The Kier molecular flexibility index (Phi) is 3.94. The topological polar surface area (TPSA) is 125 Å². The number of nitrogens with zero attached hydrogens (tertiary/aromatic N) is 2. The summed E-state index contributed by atoms with van der Waals surface area (Å²) in [6.45, 7) is 0.0373. The fraction of sp³-hybridized carbons (Fsp3) is 0.286. The SMILES string of the molecule is O=c1cnn(CC=CCP(=O)(O)O)c(=O)[nH]1. The van der Waals surface area contributed by atoms with Crippen LogP contribution < -0.4 is 11.2 Å². The zero-order valence-corrected chi connectivity index (χ0v) is 9.00. The van der Waals surface area contributed by atoms with Gasteiger partial charge in [0.2, 0.25) is 0 Å². The third-order valence-electron chi connectivity index (χ3n) is 1.57. The molecule has 1 aromatic rings. The van der Waals surface area contributed by atoms with Crippen molar-refractivity contribution >= 4 is 7.60 Å². The fourth-order valence-corrected chi connectivity index (χ4v) is 1.32. The van der Waals surface area contributed by atoms with Crippen LogP contribution in [0.4, 0.5) is 0 Å². The Labute approximate surface area is 89.4 Å². The summed E-state index contributed by atoms with van der Waals surface area (Å²) in [6.07, 6.45) is 3.18. The second-order valence-electron chi connectivity index (χ2n) is 2.94. The van der Waals surface area contributed by atoms with Crippen molar-refractivity contribution < 1.29 is 14.4 Å². The van der Waals surface area contributed by atoms with Gasteiger partial charge in [-0.15, -0.1) is 0 Å². The van der Waals surface area contributed by atoms with Gasteiger partial charge in [0.05, 0.1) is 12.7 Å². The van der Waals surface area contributed by atoms with E-state index in [2.05, 4.69) is 5.10 Å². The molecule has 1 aromatic heterocycles. The third kappa shape index (κ3) is 4.35. The highest BCUT2D eigenvalue weighted by molar-refractivity contribution is 7.51. The van der Waals surface area contributed by atoms with Crippen LogP contribution in [0.3, 0.4) is 0 Å². The van der Waals surface area contributed by atoms with Crippen molar-refractivity contribution in [2.24, 2.45) is 0 Å². The van der Waals surface area contributed by atoms with Crippen molar-refractivity contribution in [1.82, 2.24) is 14.8 Å². The molecule has 0 amide bonds. The van der Waals surface area contributed by atoms with E-state index in [4.69, 9.17) is 9.79 Å². The molecular formula is C7H10N3O5P. The minimum atomic E-state index is -4.06. The second-order valence-corrected chi connectivity index (χ2v) is 4.63. The number of nitrogens with one attached hydrogen (secondary N) is 1. The molecule has 0 aliphatic heterocycles. The Morgan fingerprint density at radius 3 is 2.69 bits per heavy atom. The zero-order valence-electron chi connectivity index (χ0n) is 8.11. The van der Waals surface area contributed by atoms with E-state index in [1.54, 1.807) is 0 Å². The highest BCUT2D eigenvalue weighted by Crippen LogP contribution is 2.33. The summed E-state index contributed by atoms with van der Waals surface area (Å²) < 4.78 is 11.4. The molecule has 0 aliphatic carbocycles. The van der Waals surface area contributed by atoms with Crippen LogP contribution in [0, 0.1) is 0 Å². The van der Waals surface area contributed by atoms with E-state index in [1.165, 1.54) is 12.2 Å². The highest BCUT2D eigenvalue weighted by Gasteiger charge is 2.08. The van der Waals surface area contributed by atoms with Gasteiger partial charge in [-0.3, -0.25) is 14.3 Å². The van der Waals surface area contributed by atoms with E-state index in [-0.39, 0.29) is 6.54 Å². The number of allylic oxidation sites excluding steroid dienone is 2. The molecule has 16 heavy (non-hydrogen) atoms. The standard InChI is InChI=1S/C7H10N3O5P/c11-6-5-8-10(7(12)9-6)3-1-2-4-16(13,14)15/h1-2,5H,3-4H2,(H,9,11,12)(H2,13,14,15). The van der Waals surface area contributed by atoms with Gasteiger partial charge in [0, 0.05) is 0 Å². The van der Waals surface area contributed by atoms with Gasteiger partial charge < -0.3 is 9.79 Å². The van der Waals surface area contributed by atoms with Crippen LogP contribution in [0.25, 0.3) is 0 Å². The maximum absolute atomic E-state index is 11.1. The number of aromatic nitrogens is 3. The van der Waals surface area contributed by atoms with Crippen LogP contribution in [0.2, 0.25) is 0 Å². The average Bonchev–Trinajstić information content (AvgIpc) is 2.13. The first-order chi connectivity index (χ1) is 7.38. The Morgan fingerprint density at radius 1 is 1.44 bits per heavy atom. The molecule has 0 fully saturated rings. The third-order valence-corrected chi connectivity index (χ3v) is 2.25. The van der Waals surface area contributed by atoms with Gasteiger partial charge in [-0.05, 0) is 0 Å². The molecule has 0 bridgehead atoms. The smallest absolute Gasteiger partial charge is 0.324 e. The molecule has 0 saturated carbocycles. The van der Waals surface area contributed by atoms with E-state index >= 15 is 0 Å². The van der Waals surface area contributed by atoms with E-state index in [9.17, 15) is 14.2 Å². The lowest BCUT2D eigenvalue weighted by Crippen LogP contribution is -2.31. The van der Waals surface area contributed by atoms with Crippen LogP contribution in [0.15, 0.2) is 27.9 Å². The summed E-state index contributed by atoms with van der Waals surface area (Å²) in [5.74, 6) is 0. The zero-order chi connectivity index (χ0) is 12.2. The molecule has 3 N–H and O–H groups in total. The number of aromatic amines is 1. The van der Waals surface area contributed by atoms with Crippen molar-refractivity contribution in [2.45, 2.75) is 6.54 Å². The summed E-state index contributed by atoms with van der Waals surface area (Å²) in [4.78, 5) is 40.8. The average molecular weight is 247 g/mol. The van der Waals surface area contributed by atoms with Crippen LogP contribution >= 0.6 is 7.60 Å². The summed E-state index contributed by atoms with van der Waals surface area (Å²) in [6, 6.07) is 0. The van der Waals surface area contributed by atoms with Gasteiger partial charge in [-0.25, -0.2) is 9.48 Å². The summed E-state index contributed by atoms with van der Waals surface area (Å²) >= 11 is 0. The van der Waals surface area contributed by atoms with Gasteiger partial charge in [-0.1, -0.05) is 12.2 Å². The van der Waals surface area contributed by atoms with Crippen LogP contribution in [0.1, 0.15) is 0 Å². The molecule has 9 heteroatoms. The largest absolute Gasteiger partial charge is 0.345 e. The first-order valence-electron chi connectivity index (χ1n) is 4.24. The first-order valence-corrected chi connectivity index (χ1v) is 6.04. The Hall–Kier alpha value is -1.50. The monoisotopic (exact) mass is 247 g/mol. The van der Waals surface area contributed by atoms with Crippen molar-refractivity contribution in [3.63, 3.8) is 0 Å². The maximum atomic E-state index is 11.1. The molecule has 0 unspecified atom stereocenters. The lowest BCUT2D eigenvalue weighted by molar-refractivity contribution is 0.377. The Bertz CT molecular complexity index is 539. The van der Waals surface area contributed by atoms with Gasteiger partial charge >= 0.3 is 13.3 Å². The van der Waals surface area contributed by atoms with Crippen LogP contribution in [0.5, 0.6) is 0 Å². The quantitative estimate of drug-likeness (QED) is 0.447. The molecule has 0 radical (unpaired) electrons. The summed E-state index contributed by atoms with van der Waals surface area (Å²) in [5, 5.41) is 3.53. The van der Waals surface area contributed by atoms with E-state index in [0.29, 0.717) is 0 Å². The molecular weight excluding hydrogens is 237 g/mol. The van der Waals surface area contributed by atoms with Gasteiger partial charge in [0.25, 0.3) is 5.56 Å². The minimum Gasteiger partial charge on any atom is -0.324 e. The predicted octanol–water partition coefficient (Wildman–Crippen LogP) is -1.33. The highest BCUT2D eigenvalue weighted by atomic mass is 31.2. The van der Waals surface area contributed by atoms with Crippen molar-refractivity contribution in [3.05, 3.63) is 39.2 Å². The fourth-order valence-electron chi connectivity index (χ4n) is 0.893. The van der Waals surface area contributed by atoms with Gasteiger partial charge in [-0.2, -0.15) is 5.10 Å². The van der Waals surface area contributed by atoms with Gasteiger partial charge in [0.15, 0.2) is 0 Å². The molecule has 1 rings (SSSR count). The van der Waals surface area contributed by atoms with E-state index in [0.717, 1.165) is 10.9 Å². The molecule has 0 aromatic carbocycles. The first kappa shape index (κ1) is 12.6. The van der Waals surface area contributed by atoms with Crippen molar-refractivity contribution in [1.29, 1.82) is 0 Å². The minimum absolute atomic E-state index is 0.0373. The van der Waals surface area contributed by atoms with Crippen molar-refractivity contribution in [2.75, 3.05) is 6.16 Å². The van der Waals surface area contributed by atoms with Crippen LogP contribution in [-0.4, -0.2) is 30.7 Å². The van der Waals surface area contributed by atoms with E-state index < -0.39 is 25.0 Å². The lowest BCUT2D eigenvalue weighted by Gasteiger charge is -1.99. The molecule has 0 aliphatic rings. The number of hydrogen-bond donors (Lipinski definition) is 3.